The van der Waals surface area contributed by atoms with Gasteiger partial charge in [-0.05, 0) is 47.5 Å². The number of hydrogen-bond acceptors (Lipinski definition) is 7. The van der Waals surface area contributed by atoms with Crippen molar-refractivity contribution in [3.8, 4) is 12.1 Å². The Bertz CT molecular complexity index is 522. The Kier molecular flexibility index (Phi) is 15.1. The van der Waals surface area contributed by atoms with E-state index in [1.165, 1.54) is 0 Å². The molecule has 0 aliphatic heterocycles. The van der Waals surface area contributed by atoms with Crippen molar-refractivity contribution in [1.82, 2.24) is 0 Å². The van der Waals surface area contributed by atoms with Crippen LogP contribution in [0.15, 0.2) is 10.2 Å². The first-order valence-corrected chi connectivity index (χ1v) is 9.70. The van der Waals surface area contributed by atoms with Gasteiger partial charge in [0.2, 0.25) is 0 Å². The van der Waals surface area contributed by atoms with E-state index in [4.69, 9.17) is 20.3 Å². The molecule has 0 aliphatic carbocycles. The number of carbonyl (C=O) groups is 1. The first-order valence-electron chi connectivity index (χ1n) is 9.70. The van der Waals surface area contributed by atoms with Gasteiger partial charge in [0.15, 0.2) is 5.60 Å². The number of aliphatic carboxylic acids is 1. The fourth-order valence-corrected chi connectivity index (χ4v) is 1.68. The third-order valence-corrected chi connectivity index (χ3v) is 3.60. The van der Waals surface area contributed by atoms with Gasteiger partial charge in [-0.1, -0.05) is 26.7 Å². The van der Waals surface area contributed by atoms with E-state index < -0.39 is 17.2 Å². The van der Waals surface area contributed by atoms with Gasteiger partial charge in [-0.2, -0.15) is 20.8 Å². The largest absolute Gasteiger partial charge is 0.479 e. The predicted octanol–water partition coefficient (Wildman–Crippen LogP) is 4.91. The fraction of sp³-hybridized carbons (Fsp3) is 0.850. The van der Waals surface area contributed by atoms with Crippen molar-refractivity contribution >= 4 is 5.97 Å². The van der Waals surface area contributed by atoms with Crippen molar-refractivity contribution in [2.45, 2.75) is 85.4 Å². The zero-order valence-electron chi connectivity index (χ0n) is 18.4. The van der Waals surface area contributed by atoms with Crippen LogP contribution in [0.3, 0.4) is 0 Å². The minimum Gasteiger partial charge on any atom is -0.479 e. The SMILES string of the molecule is CC(C#N)CN=NCC(C)C#N.CCCCC(CC)(OOC(C)(C)C)C(=O)O. The summed E-state index contributed by atoms with van der Waals surface area (Å²) in [7, 11) is 0. The Labute approximate surface area is 169 Å². The van der Waals surface area contributed by atoms with Gasteiger partial charge in [-0.3, -0.25) is 0 Å². The third kappa shape index (κ3) is 14.1. The molecule has 0 aromatic rings. The molecule has 8 heteroatoms. The highest BCUT2D eigenvalue weighted by molar-refractivity contribution is 5.77. The summed E-state index contributed by atoms with van der Waals surface area (Å²) in [6.45, 7) is 13.7. The molecule has 0 heterocycles. The minimum absolute atomic E-state index is 0.0915. The molecule has 0 fully saturated rings. The van der Waals surface area contributed by atoms with Crippen molar-refractivity contribution in [3.05, 3.63) is 0 Å². The molecule has 0 spiro atoms. The molecule has 0 rings (SSSR count). The Morgan fingerprint density at radius 1 is 1.04 bits per heavy atom. The normalized spacial score (nSPS) is 15.5. The summed E-state index contributed by atoms with van der Waals surface area (Å²) in [5.41, 5.74) is -1.70. The molecule has 0 amide bonds. The summed E-state index contributed by atoms with van der Waals surface area (Å²) in [4.78, 5) is 21.6. The summed E-state index contributed by atoms with van der Waals surface area (Å²) in [5, 5.41) is 33.6. The minimum atomic E-state index is -1.21. The third-order valence-electron chi connectivity index (χ3n) is 3.60. The van der Waals surface area contributed by atoms with Crippen LogP contribution in [0.25, 0.3) is 0 Å². The highest BCUT2D eigenvalue weighted by atomic mass is 17.2. The highest BCUT2D eigenvalue weighted by Gasteiger charge is 2.40. The average Bonchev–Trinajstić information content (AvgIpc) is 2.64. The molecule has 0 aromatic heterocycles. The molecule has 1 N–H and O–H groups in total. The maximum Gasteiger partial charge on any atom is 0.339 e. The van der Waals surface area contributed by atoms with Crippen LogP contribution in [-0.4, -0.2) is 35.4 Å². The molecular formula is C20H36N4O4. The van der Waals surface area contributed by atoms with Crippen molar-refractivity contribution in [3.63, 3.8) is 0 Å². The topological polar surface area (TPSA) is 128 Å². The molecular weight excluding hydrogens is 360 g/mol. The summed E-state index contributed by atoms with van der Waals surface area (Å²) in [6.07, 6.45) is 2.63. The number of rotatable bonds is 11. The predicted molar refractivity (Wildman–Crippen MR) is 106 cm³/mol. The van der Waals surface area contributed by atoms with Crippen LogP contribution in [-0.2, 0) is 14.6 Å². The zero-order chi connectivity index (χ0) is 22.2. The second-order valence-electron chi connectivity index (χ2n) is 7.74. The first kappa shape index (κ1) is 28.2. The van der Waals surface area contributed by atoms with Gasteiger partial charge >= 0.3 is 5.97 Å². The maximum atomic E-state index is 11.3. The summed E-state index contributed by atoms with van der Waals surface area (Å²) in [6, 6.07) is 4.10. The van der Waals surface area contributed by atoms with Crippen LogP contribution >= 0.6 is 0 Å². The van der Waals surface area contributed by atoms with E-state index in [2.05, 4.69) is 10.2 Å². The Hall–Kier alpha value is -2.03. The lowest BCUT2D eigenvalue weighted by molar-refractivity contribution is -0.398. The van der Waals surface area contributed by atoms with Gasteiger partial charge in [0.1, 0.15) is 0 Å². The van der Waals surface area contributed by atoms with E-state index in [9.17, 15) is 9.90 Å². The van der Waals surface area contributed by atoms with Gasteiger partial charge in [-0.25, -0.2) is 14.6 Å². The van der Waals surface area contributed by atoms with Gasteiger partial charge < -0.3 is 5.11 Å². The summed E-state index contributed by atoms with van der Waals surface area (Å²) < 4.78 is 0. The van der Waals surface area contributed by atoms with Crippen LogP contribution in [0.2, 0.25) is 0 Å². The second kappa shape index (κ2) is 15.0. The molecule has 8 nitrogen and oxygen atoms in total. The summed E-state index contributed by atoms with van der Waals surface area (Å²) in [5.74, 6) is -1.13. The molecule has 28 heavy (non-hydrogen) atoms. The molecule has 0 bridgehead atoms. The Morgan fingerprint density at radius 2 is 1.50 bits per heavy atom. The van der Waals surface area contributed by atoms with Crippen LogP contribution in [0.4, 0.5) is 0 Å². The van der Waals surface area contributed by atoms with E-state index in [1.54, 1.807) is 20.8 Å². The number of nitrogens with zero attached hydrogens (tertiary/aromatic N) is 4. The second-order valence-corrected chi connectivity index (χ2v) is 7.74. The molecule has 0 saturated carbocycles. The van der Waals surface area contributed by atoms with E-state index >= 15 is 0 Å². The van der Waals surface area contributed by atoms with Crippen LogP contribution in [0.1, 0.15) is 74.1 Å². The van der Waals surface area contributed by atoms with Crippen LogP contribution in [0, 0.1) is 34.5 Å². The van der Waals surface area contributed by atoms with Gasteiger partial charge in [-0.15, -0.1) is 0 Å². The first-order chi connectivity index (χ1) is 13.0. The quantitative estimate of drug-likeness (QED) is 0.300. The van der Waals surface area contributed by atoms with Crippen molar-refractivity contribution < 1.29 is 19.7 Å². The number of hydrogen-bond donors (Lipinski definition) is 1. The van der Waals surface area contributed by atoms with Gasteiger partial charge in [0.05, 0.1) is 42.7 Å². The number of carboxylic acids is 1. The number of nitriles is 2. The molecule has 0 aromatic carbocycles. The smallest absolute Gasteiger partial charge is 0.339 e. The lowest BCUT2D eigenvalue weighted by atomic mass is 9.94. The Morgan fingerprint density at radius 3 is 1.79 bits per heavy atom. The molecule has 3 unspecified atom stereocenters. The molecule has 0 radical (unpaired) electrons. The highest BCUT2D eigenvalue weighted by Crippen LogP contribution is 2.26. The molecule has 0 aliphatic rings. The lowest BCUT2D eigenvalue weighted by Crippen LogP contribution is -2.43. The standard InChI is InChI=1S/C12H24O4.C8H12N4/c1-6-8-9-12(7-2,10(13)14)16-15-11(3,4)5;1-7(3-9)5-11-12-6-8(2)4-10/h6-9H2,1-5H3,(H,13,14);7-8H,5-6H2,1-2H3. The average molecular weight is 397 g/mol. The number of azo groups is 1. The van der Waals surface area contributed by atoms with Crippen LogP contribution < -0.4 is 0 Å². The van der Waals surface area contributed by atoms with Crippen molar-refractivity contribution in [2.75, 3.05) is 13.1 Å². The van der Waals surface area contributed by atoms with Crippen molar-refractivity contribution in [2.24, 2.45) is 22.1 Å². The van der Waals surface area contributed by atoms with E-state index in [0.29, 0.717) is 25.9 Å². The van der Waals surface area contributed by atoms with E-state index in [0.717, 1.165) is 12.8 Å². The number of carboxylic acid groups (broad SMARTS) is 1. The maximum absolute atomic E-state index is 11.3. The van der Waals surface area contributed by atoms with E-state index in [-0.39, 0.29) is 11.8 Å². The fourth-order valence-electron chi connectivity index (χ4n) is 1.68. The van der Waals surface area contributed by atoms with Gasteiger partial charge in [0.25, 0.3) is 0 Å². The monoisotopic (exact) mass is 396 g/mol. The van der Waals surface area contributed by atoms with E-state index in [1.807, 2.05) is 39.8 Å². The van der Waals surface area contributed by atoms with Gasteiger partial charge in [0, 0.05) is 0 Å². The molecule has 3 atom stereocenters. The Balaban J connectivity index is 0. The number of unbranched alkanes of at least 4 members (excludes halogenated alkanes) is 1. The zero-order valence-corrected chi connectivity index (χ0v) is 18.4. The lowest BCUT2D eigenvalue weighted by Gasteiger charge is -2.30. The molecule has 0 saturated heterocycles. The van der Waals surface area contributed by atoms with Crippen molar-refractivity contribution in [1.29, 1.82) is 10.5 Å². The molecule has 160 valence electrons. The van der Waals surface area contributed by atoms with Crippen LogP contribution in [0.5, 0.6) is 0 Å². The summed E-state index contributed by atoms with van der Waals surface area (Å²) >= 11 is 0.